The zero-order chi connectivity index (χ0) is 16.3. The predicted octanol–water partition coefficient (Wildman–Crippen LogP) is 0.809. The summed E-state index contributed by atoms with van der Waals surface area (Å²) in [7, 11) is -7.37. The van der Waals surface area contributed by atoms with E-state index in [1.54, 1.807) is 6.92 Å². The normalized spacial score (nSPS) is 12.6. The maximum atomic E-state index is 11.8. The third-order valence-corrected chi connectivity index (χ3v) is 4.88. The minimum atomic E-state index is -3.81. The minimum Gasteiger partial charge on any atom is -0.378 e. The van der Waals surface area contributed by atoms with Crippen molar-refractivity contribution in [3.63, 3.8) is 0 Å². The van der Waals surface area contributed by atoms with Crippen LogP contribution < -0.4 is 9.86 Å². The van der Waals surface area contributed by atoms with Crippen LogP contribution in [-0.2, 0) is 24.8 Å². The maximum absolute atomic E-state index is 11.8. The van der Waals surface area contributed by atoms with Gasteiger partial charge in [0.15, 0.2) is 0 Å². The van der Waals surface area contributed by atoms with E-state index in [0.29, 0.717) is 5.56 Å². The first-order valence-corrected chi connectivity index (χ1v) is 9.46. The summed E-state index contributed by atoms with van der Waals surface area (Å²) < 4.78 is 53.8. The molecule has 0 aliphatic heterocycles. The number of ether oxygens (including phenoxy) is 1. The average molecular weight is 336 g/mol. The lowest BCUT2D eigenvalue weighted by Gasteiger charge is -2.11. The lowest BCUT2D eigenvalue weighted by Crippen LogP contribution is -2.21. The standard InChI is InChI=1S/C12H20N2O5S2/c1-9(2)19-6-7-20(15,16)14-11-4-5-12(10(3)8-11)21(13,17)18/h4-5,8-9,14H,6-7H2,1-3H3,(H2,13,17,18). The van der Waals surface area contributed by atoms with Crippen LogP contribution in [0.5, 0.6) is 0 Å². The Morgan fingerprint density at radius 2 is 1.86 bits per heavy atom. The molecular weight excluding hydrogens is 316 g/mol. The van der Waals surface area contributed by atoms with Crippen LogP contribution in [0.1, 0.15) is 19.4 Å². The molecule has 0 amide bonds. The van der Waals surface area contributed by atoms with Crippen LogP contribution in [0.25, 0.3) is 0 Å². The van der Waals surface area contributed by atoms with Crippen LogP contribution >= 0.6 is 0 Å². The van der Waals surface area contributed by atoms with Gasteiger partial charge < -0.3 is 4.74 Å². The molecule has 9 heteroatoms. The molecule has 0 saturated carbocycles. The Hall–Kier alpha value is -1.16. The number of aryl methyl sites for hydroxylation is 1. The highest BCUT2D eigenvalue weighted by Gasteiger charge is 2.15. The van der Waals surface area contributed by atoms with Gasteiger partial charge in [-0.05, 0) is 44.5 Å². The van der Waals surface area contributed by atoms with Crippen LogP contribution in [0.2, 0.25) is 0 Å². The average Bonchev–Trinajstić information content (AvgIpc) is 2.25. The third kappa shape index (κ3) is 6.00. The van der Waals surface area contributed by atoms with Crippen molar-refractivity contribution in [2.75, 3.05) is 17.1 Å². The highest BCUT2D eigenvalue weighted by molar-refractivity contribution is 7.92. The van der Waals surface area contributed by atoms with E-state index in [4.69, 9.17) is 9.88 Å². The Morgan fingerprint density at radius 1 is 1.24 bits per heavy atom. The Bertz CT molecular complexity index is 696. The SMILES string of the molecule is Cc1cc(NS(=O)(=O)CCOC(C)C)ccc1S(N)(=O)=O. The molecule has 7 nitrogen and oxygen atoms in total. The molecule has 21 heavy (non-hydrogen) atoms. The molecule has 1 aromatic carbocycles. The van der Waals surface area contributed by atoms with Crippen LogP contribution in [-0.4, -0.2) is 35.3 Å². The maximum Gasteiger partial charge on any atom is 0.238 e. The van der Waals surface area contributed by atoms with Crippen molar-refractivity contribution in [3.05, 3.63) is 23.8 Å². The molecule has 1 rings (SSSR count). The summed E-state index contributed by atoms with van der Waals surface area (Å²) >= 11 is 0. The summed E-state index contributed by atoms with van der Waals surface area (Å²) in [4.78, 5) is -0.0337. The lowest BCUT2D eigenvalue weighted by molar-refractivity contribution is 0.0913. The Kier molecular flexibility index (Phi) is 5.74. The van der Waals surface area contributed by atoms with Gasteiger partial charge in [0.05, 0.1) is 23.4 Å². The number of nitrogens with one attached hydrogen (secondary N) is 1. The van der Waals surface area contributed by atoms with E-state index in [2.05, 4.69) is 4.72 Å². The number of hydrogen-bond acceptors (Lipinski definition) is 5. The Labute approximate surface area is 125 Å². The van der Waals surface area contributed by atoms with E-state index in [1.807, 2.05) is 13.8 Å². The largest absolute Gasteiger partial charge is 0.378 e. The van der Waals surface area contributed by atoms with Gasteiger partial charge in [-0.3, -0.25) is 4.72 Å². The van der Waals surface area contributed by atoms with Gasteiger partial charge in [0, 0.05) is 5.69 Å². The fourth-order valence-electron chi connectivity index (χ4n) is 1.66. The fraction of sp³-hybridized carbons (Fsp3) is 0.500. The highest BCUT2D eigenvalue weighted by atomic mass is 32.2. The molecule has 3 N–H and O–H groups in total. The first-order chi connectivity index (χ1) is 9.51. The van der Waals surface area contributed by atoms with Gasteiger partial charge in [-0.2, -0.15) is 0 Å². The molecule has 0 radical (unpaired) electrons. The smallest absolute Gasteiger partial charge is 0.238 e. The van der Waals surface area contributed by atoms with Crippen molar-refractivity contribution in [2.24, 2.45) is 5.14 Å². The van der Waals surface area contributed by atoms with Crippen LogP contribution in [0, 0.1) is 6.92 Å². The summed E-state index contributed by atoms with van der Waals surface area (Å²) in [5.41, 5.74) is 0.653. The van der Waals surface area contributed by atoms with Gasteiger partial charge in [0.25, 0.3) is 0 Å². The van der Waals surface area contributed by atoms with Gasteiger partial charge in [-0.25, -0.2) is 22.0 Å². The molecule has 0 bridgehead atoms. The number of hydrogen-bond donors (Lipinski definition) is 2. The van der Waals surface area contributed by atoms with E-state index in [1.165, 1.54) is 18.2 Å². The third-order valence-electron chi connectivity index (χ3n) is 2.56. The number of anilines is 1. The van der Waals surface area contributed by atoms with Gasteiger partial charge in [0.2, 0.25) is 20.0 Å². The molecule has 0 unspecified atom stereocenters. The number of sulfonamides is 2. The second-order valence-corrected chi connectivity index (χ2v) is 8.24. The molecule has 0 spiro atoms. The number of benzene rings is 1. The summed E-state index contributed by atoms with van der Waals surface area (Å²) in [5, 5.41) is 5.05. The zero-order valence-electron chi connectivity index (χ0n) is 12.2. The minimum absolute atomic E-state index is 0.0337. The van der Waals surface area contributed by atoms with E-state index < -0.39 is 20.0 Å². The first-order valence-electron chi connectivity index (χ1n) is 6.27. The van der Waals surface area contributed by atoms with E-state index in [-0.39, 0.29) is 29.0 Å². The van der Waals surface area contributed by atoms with Gasteiger partial charge in [-0.15, -0.1) is 0 Å². The summed E-state index contributed by atoms with van der Waals surface area (Å²) in [6, 6.07) is 4.04. The summed E-state index contributed by atoms with van der Waals surface area (Å²) in [6.45, 7) is 5.26. The van der Waals surface area contributed by atoms with Gasteiger partial charge >= 0.3 is 0 Å². The fourth-order valence-corrected chi connectivity index (χ4v) is 3.33. The van der Waals surface area contributed by atoms with Gasteiger partial charge in [-0.1, -0.05) is 0 Å². The van der Waals surface area contributed by atoms with Crippen molar-refractivity contribution in [1.29, 1.82) is 0 Å². The zero-order valence-corrected chi connectivity index (χ0v) is 13.8. The summed E-state index contributed by atoms with van der Waals surface area (Å²) in [5.74, 6) is -0.179. The predicted molar refractivity (Wildman–Crippen MR) is 81.0 cm³/mol. The Balaban J connectivity index is 2.82. The molecule has 120 valence electrons. The summed E-state index contributed by atoms with van der Waals surface area (Å²) in [6.07, 6.45) is -0.0449. The monoisotopic (exact) mass is 336 g/mol. The van der Waals surface area contributed by atoms with Gasteiger partial charge in [0.1, 0.15) is 0 Å². The molecule has 0 saturated heterocycles. The Morgan fingerprint density at radius 3 is 2.33 bits per heavy atom. The molecule has 1 aromatic rings. The van der Waals surface area contributed by atoms with Crippen LogP contribution in [0.15, 0.2) is 23.1 Å². The van der Waals surface area contributed by atoms with E-state index >= 15 is 0 Å². The lowest BCUT2D eigenvalue weighted by atomic mass is 10.2. The van der Waals surface area contributed by atoms with Crippen molar-refractivity contribution < 1.29 is 21.6 Å². The molecule has 0 aliphatic rings. The first kappa shape index (κ1) is 17.9. The van der Waals surface area contributed by atoms with Crippen LogP contribution in [0.3, 0.4) is 0 Å². The number of nitrogens with two attached hydrogens (primary N) is 1. The molecule has 0 heterocycles. The van der Waals surface area contributed by atoms with Crippen molar-refractivity contribution in [2.45, 2.75) is 31.8 Å². The van der Waals surface area contributed by atoms with Crippen molar-refractivity contribution in [1.82, 2.24) is 0 Å². The molecular formula is C12H20N2O5S2. The van der Waals surface area contributed by atoms with Crippen LogP contribution in [0.4, 0.5) is 5.69 Å². The topological polar surface area (TPSA) is 116 Å². The molecule has 0 aliphatic carbocycles. The second-order valence-electron chi connectivity index (χ2n) is 4.87. The molecule has 0 atom stereocenters. The number of rotatable bonds is 7. The number of primary sulfonamides is 1. The highest BCUT2D eigenvalue weighted by Crippen LogP contribution is 2.19. The van der Waals surface area contributed by atoms with E-state index in [0.717, 1.165) is 0 Å². The van der Waals surface area contributed by atoms with E-state index in [9.17, 15) is 16.8 Å². The molecule has 0 aromatic heterocycles. The second kappa shape index (κ2) is 6.73. The quantitative estimate of drug-likeness (QED) is 0.764. The van der Waals surface area contributed by atoms with Crippen molar-refractivity contribution in [3.8, 4) is 0 Å². The molecule has 0 fully saturated rings. The van der Waals surface area contributed by atoms with Crippen molar-refractivity contribution >= 4 is 25.7 Å².